The van der Waals surface area contributed by atoms with Crippen molar-refractivity contribution in [3.63, 3.8) is 0 Å². The van der Waals surface area contributed by atoms with Gasteiger partial charge in [-0.05, 0) is 70.8 Å². The first-order valence-corrected chi connectivity index (χ1v) is 11.2. The van der Waals surface area contributed by atoms with Gasteiger partial charge in [-0.1, -0.05) is 0 Å². The predicted octanol–water partition coefficient (Wildman–Crippen LogP) is 8.32. The first-order chi connectivity index (χ1) is 11.7. The van der Waals surface area contributed by atoms with E-state index in [0.29, 0.717) is 0 Å². The molecule has 6 aromatic rings. The van der Waals surface area contributed by atoms with Crippen molar-refractivity contribution in [2.24, 2.45) is 0 Å². The summed E-state index contributed by atoms with van der Waals surface area (Å²) in [5.74, 6) is 0. The maximum absolute atomic E-state index is 2.36. The fourth-order valence-corrected chi connectivity index (χ4v) is 9.06. The molecule has 0 aliphatic carbocycles. The van der Waals surface area contributed by atoms with E-state index in [4.69, 9.17) is 0 Å². The maximum atomic E-state index is 2.36. The lowest BCUT2D eigenvalue weighted by molar-refractivity contribution is 1.58. The second-order valence-electron chi connectivity index (χ2n) is 6.34. The normalized spacial score (nSPS) is 12.6. The fraction of sp³-hybridized carbons (Fsp3) is 0.100. The molecule has 0 unspecified atom stereocenters. The fourth-order valence-electron chi connectivity index (χ4n) is 3.82. The zero-order valence-corrected chi connectivity index (χ0v) is 16.4. The Morgan fingerprint density at radius 2 is 1.00 bits per heavy atom. The summed E-state index contributed by atoms with van der Waals surface area (Å²) in [6.07, 6.45) is 0. The number of thiophene rings is 4. The van der Waals surface area contributed by atoms with Gasteiger partial charge in [0.2, 0.25) is 0 Å². The van der Waals surface area contributed by atoms with Crippen LogP contribution in [0.1, 0.15) is 11.1 Å². The molecule has 0 bridgehead atoms. The smallest absolute Gasteiger partial charge is 0.0545 e. The highest BCUT2D eigenvalue weighted by Crippen LogP contribution is 2.51. The van der Waals surface area contributed by atoms with Crippen LogP contribution in [0.15, 0.2) is 35.0 Å². The first-order valence-electron chi connectivity index (χ1n) is 7.84. The molecule has 4 heterocycles. The van der Waals surface area contributed by atoms with Gasteiger partial charge < -0.3 is 0 Å². The average molecular weight is 381 g/mol. The Hall–Kier alpha value is -1.46. The minimum absolute atomic E-state index is 1.39. The minimum Gasteiger partial charge on any atom is -0.142 e. The van der Waals surface area contributed by atoms with Gasteiger partial charge in [-0.15, -0.1) is 45.3 Å². The molecule has 0 spiro atoms. The highest BCUT2D eigenvalue weighted by molar-refractivity contribution is 7.39. The van der Waals surface area contributed by atoms with E-state index in [2.05, 4.69) is 48.9 Å². The van der Waals surface area contributed by atoms with E-state index < -0.39 is 0 Å². The van der Waals surface area contributed by atoms with Crippen molar-refractivity contribution in [3.8, 4) is 0 Å². The molecular formula is C20H12S4. The summed E-state index contributed by atoms with van der Waals surface area (Å²) in [6.45, 7) is 4.53. The summed E-state index contributed by atoms with van der Waals surface area (Å²) < 4.78 is 8.84. The van der Waals surface area contributed by atoms with E-state index in [9.17, 15) is 0 Å². The first kappa shape index (κ1) is 13.8. The van der Waals surface area contributed by atoms with Crippen LogP contribution >= 0.6 is 45.3 Å². The van der Waals surface area contributed by atoms with Gasteiger partial charge in [-0.25, -0.2) is 0 Å². The topological polar surface area (TPSA) is 0 Å². The van der Waals surface area contributed by atoms with Crippen LogP contribution in [0, 0.1) is 13.8 Å². The van der Waals surface area contributed by atoms with Gasteiger partial charge in [-0.3, -0.25) is 0 Å². The molecule has 0 atom stereocenters. The molecule has 24 heavy (non-hydrogen) atoms. The Bertz CT molecular complexity index is 1310. The second-order valence-corrected chi connectivity index (χ2v) is 10.2. The molecule has 0 aliphatic rings. The second kappa shape index (κ2) is 4.58. The van der Waals surface area contributed by atoms with E-state index in [-0.39, 0.29) is 0 Å². The van der Waals surface area contributed by atoms with Crippen molar-refractivity contribution in [1.82, 2.24) is 0 Å². The zero-order chi connectivity index (χ0) is 16.0. The van der Waals surface area contributed by atoms with Gasteiger partial charge in [0.25, 0.3) is 0 Å². The third-order valence-electron chi connectivity index (χ3n) is 4.86. The maximum Gasteiger partial charge on any atom is 0.0545 e. The highest BCUT2D eigenvalue weighted by atomic mass is 32.1. The minimum atomic E-state index is 1.39. The molecule has 0 saturated heterocycles. The van der Waals surface area contributed by atoms with Gasteiger partial charge in [0.15, 0.2) is 0 Å². The number of rotatable bonds is 0. The summed E-state index contributed by atoms with van der Waals surface area (Å²) in [5.41, 5.74) is 2.82. The van der Waals surface area contributed by atoms with Gasteiger partial charge in [-0.2, -0.15) is 0 Å². The lowest BCUT2D eigenvalue weighted by Gasteiger charge is -1.99. The summed E-state index contributed by atoms with van der Waals surface area (Å²) in [6, 6.07) is 9.22. The average Bonchev–Trinajstić information content (AvgIpc) is 3.26. The molecule has 0 fully saturated rings. The Labute approximate surface area is 154 Å². The standard InChI is InChI=1S/C20H12S4/c1-9-7-11-3-5-21-15(11)17-13(9)19-20(23-17)14-10(2)8-12-4-6-22-16(12)18(14)24-19/h3-8H,1-2H3. The monoisotopic (exact) mass is 380 g/mol. The third kappa shape index (κ3) is 1.58. The van der Waals surface area contributed by atoms with Crippen LogP contribution in [0.3, 0.4) is 0 Å². The van der Waals surface area contributed by atoms with E-state index >= 15 is 0 Å². The van der Waals surface area contributed by atoms with E-state index in [1.54, 1.807) is 0 Å². The van der Waals surface area contributed by atoms with Crippen molar-refractivity contribution in [1.29, 1.82) is 0 Å². The van der Waals surface area contributed by atoms with Crippen LogP contribution in [0.2, 0.25) is 0 Å². The number of aryl methyl sites for hydroxylation is 2. The van der Waals surface area contributed by atoms with E-state index in [1.165, 1.54) is 60.9 Å². The Morgan fingerprint density at radius 1 is 0.583 bits per heavy atom. The summed E-state index contributed by atoms with van der Waals surface area (Å²) in [5, 5.41) is 10.2. The van der Waals surface area contributed by atoms with E-state index in [0.717, 1.165) is 0 Å². The van der Waals surface area contributed by atoms with Crippen molar-refractivity contribution < 1.29 is 0 Å². The van der Waals surface area contributed by atoms with Gasteiger partial charge in [0.1, 0.15) is 0 Å². The van der Waals surface area contributed by atoms with Gasteiger partial charge in [0.05, 0.1) is 28.2 Å². The lowest BCUT2D eigenvalue weighted by Crippen LogP contribution is -1.73. The molecule has 0 N–H and O–H groups in total. The largest absolute Gasteiger partial charge is 0.142 e. The third-order valence-corrected chi connectivity index (χ3v) is 9.59. The summed E-state index contributed by atoms with van der Waals surface area (Å²) in [7, 11) is 0. The molecule has 6 rings (SSSR count). The highest BCUT2D eigenvalue weighted by Gasteiger charge is 2.19. The van der Waals surface area contributed by atoms with Crippen LogP contribution in [0.5, 0.6) is 0 Å². The Morgan fingerprint density at radius 3 is 1.46 bits per heavy atom. The molecule has 0 nitrogen and oxygen atoms in total. The van der Waals surface area contributed by atoms with Gasteiger partial charge in [0, 0.05) is 10.8 Å². The number of hydrogen-bond acceptors (Lipinski definition) is 4. The van der Waals surface area contributed by atoms with Crippen molar-refractivity contribution >= 4 is 95.1 Å². The molecule has 116 valence electrons. The summed E-state index contributed by atoms with van der Waals surface area (Å²) >= 11 is 7.74. The molecule has 0 amide bonds. The Kier molecular flexibility index (Phi) is 2.63. The van der Waals surface area contributed by atoms with Crippen LogP contribution in [0.4, 0.5) is 0 Å². The molecule has 4 aromatic heterocycles. The summed E-state index contributed by atoms with van der Waals surface area (Å²) in [4.78, 5) is 0. The van der Waals surface area contributed by atoms with Crippen molar-refractivity contribution in [2.75, 3.05) is 0 Å². The van der Waals surface area contributed by atoms with Crippen LogP contribution in [0.25, 0.3) is 49.7 Å². The molecule has 0 saturated carbocycles. The van der Waals surface area contributed by atoms with Crippen molar-refractivity contribution in [2.45, 2.75) is 13.8 Å². The molecule has 0 radical (unpaired) electrons. The van der Waals surface area contributed by atoms with Crippen molar-refractivity contribution in [3.05, 3.63) is 46.2 Å². The zero-order valence-electron chi connectivity index (χ0n) is 13.1. The van der Waals surface area contributed by atoms with Gasteiger partial charge >= 0.3 is 0 Å². The Balaban J connectivity index is 1.95. The predicted molar refractivity (Wildman–Crippen MR) is 115 cm³/mol. The quantitative estimate of drug-likeness (QED) is 0.248. The number of fused-ring (bicyclic) bond motifs is 9. The van der Waals surface area contributed by atoms with E-state index in [1.807, 2.05) is 45.3 Å². The molecule has 4 heteroatoms. The van der Waals surface area contributed by atoms with Crippen LogP contribution in [-0.2, 0) is 0 Å². The van der Waals surface area contributed by atoms with Crippen LogP contribution < -0.4 is 0 Å². The molecular weight excluding hydrogens is 368 g/mol. The van der Waals surface area contributed by atoms with Crippen LogP contribution in [-0.4, -0.2) is 0 Å². The molecule has 0 aliphatic heterocycles. The number of benzene rings is 2. The number of hydrogen-bond donors (Lipinski definition) is 0. The SMILES string of the molecule is Cc1cc2ccsc2c2sc3c(sc4c5sccc5cc(C)c43)c12. The molecule has 2 aromatic carbocycles. The lowest BCUT2D eigenvalue weighted by atomic mass is 10.1.